The van der Waals surface area contributed by atoms with Crippen LogP contribution in [0.2, 0.25) is 0 Å². The van der Waals surface area contributed by atoms with Crippen molar-refractivity contribution in [2.75, 3.05) is 0 Å². The molecule has 0 aliphatic heterocycles. The summed E-state index contributed by atoms with van der Waals surface area (Å²) in [4.78, 5) is 33.3. The third kappa shape index (κ3) is 4.30. The van der Waals surface area contributed by atoms with E-state index >= 15 is 0 Å². The van der Waals surface area contributed by atoms with Gasteiger partial charge in [-0.2, -0.15) is 0 Å². The number of aromatic hydroxyl groups is 1. The zero-order valence-corrected chi connectivity index (χ0v) is 10.00. The second-order valence-electron chi connectivity index (χ2n) is 3.89. The number of nitrogens with two attached hydrogens (primary N) is 1. The number of phenolic OH excluding ortho intramolecular Hbond substituents is 1. The molecule has 0 saturated carbocycles. The number of primary amides is 1. The topological polar surface area (TPSA) is 130 Å². The van der Waals surface area contributed by atoms with Crippen molar-refractivity contribution in [3.63, 3.8) is 0 Å². The zero-order chi connectivity index (χ0) is 14.4. The Bertz CT molecular complexity index is 501. The van der Waals surface area contributed by atoms with E-state index in [4.69, 9.17) is 10.8 Å². The van der Waals surface area contributed by atoms with E-state index in [-0.39, 0.29) is 24.2 Å². The Balaban J connectivity index is 2.74. The highest BCUT2D eigenvalue weighted by Crippen LogP contribution is 2.15. The maximum Gasteiger partial charge on any atom is 0.326 e. The first-order valence-corrected chi connectivity index (χ1v) is 5.51. The molecule has 0 aliphatic rings. The predicted octanol–water partition coefficient (Wildman–Crippen LogP) is -0.159. The van der Waals surface area contributed by atoms with Crippen LogP contribution in [0.3, 0.4) is 0 Å². The molecule has 1 atom stereocenters. The van der Waals surface area contributed by atoms with Gasteiger partial charge in [0.05, 0.1) is 5.56 Å². The number of rotatable bonds is 6. The van der Waals surface area contributed by atoms with Gasteiger partial charge in [-0.25, -0.2) is 4.79 Å². The Labute approximate surface area is 109 Å². The summed E-state index contributed by atoms with van der Waals surface area (Å²) in [5.74, 6) is -2.90. The fourth-order valence-corrected chi connectivity index (χ4v) is 1.45. The maximum absolute atomic E-state index is 11.8. The summed E-state index contributed by atoms with van der Waals surface area (Å²) in [5, 5.41) is 20.6. The minimum absolute atomic E-state index is 0.0344. The predicted molar refractivity (Wildman–Crippen MR) is 65.4 cm³/mol. The summed E-state index contributed by atoms with van der Waals surface area (Å²) >= 11 is 0. The lowest BCUT2D eigenvalue weighted by molar-refractivity contribution is -0.139. The minimum atomic E-state index is -1.27. The number of aliphatic carboxylic acids is 1. The number of carboxylic acids is 1. The van der Waals surface area contributed by atoms with Crippen LogP contribution in [-0.2, 0) is 9.59 Å². The molecule has 1 unspecified atom stereocenters. The number of carbonyl (C=O) groups is 3. The highest BCUT2D eigenvalue weighted by atomic mass is 16.4. The quantitative estimate of drug-likeness (QED) is 0.568. The van der Waals surface area contributed by atoms with Crippen molar-refractivity contribution in [3.05, 3.63) is 29.8 Å². The number of phenols is 1. The van der Waals surface area contributed by atoms with E-state index < -0.39 is 23.8 Å². The minimum Gasteiger partial charge on any atom is -0.507 e. The van der Waals surface area contributed by atoms with Crippen LogP contribution in [0.1, 0.15) is 23.2 Å². The van der Waals surface area contributed by atoms with Crippen molar-refractivity contribution >= 4 is 17.8 Å². The van der Waals surface area contributed by atoms with Crippen molar-refractivity contribution in [2.24, 2.45) is 5.73 Å². The molecule has 0 saturated heterocycles. The van der Waals surface area contributed by atoms with E-state index in [1.807, 2.05) is 0 Å². The summed E-state index contributed by atoms with van der Waals surface area (Å²) in [7, 11) is 0. The molecular weight excluding hydrogens is 252 g/mol. The maximum atomic E-state index is 11.8. The first-order valence-electron chi connectivity index (χ1n) is 5.51. The van der Waals surface area contributed by atoms with E-state index in [9.17, 15) is 19.5 Å². The van der Waals surface area contributed by atoms with Crippen LogP contribution in [0.25, 0.3) is 0 Å². The van der Waals surface area contributed by atoms with Crippen LogP contribution < -0.4 is 11.1 Å². The molecule has 0 heterocycles. The standard InChI is InChI=1S/C12H14N2O5/c13-10(16)6-5-8(12(18)19)14-11(17)7-3-1-2-4-9(7)15/h1-4,8,15H,5-6H2,(H2,13,16)(H,14,17)(H,18,19). The molecule has 0 fully saturated rings. The van der Waals surface area contributed by atoms with Crippen LogP contribution in [0, 0.1) is 0 Å². The Morgan fingerprint density at radius 2 is 1.89 bits per heavy atom. The number of hydrogen-bond acceptors (Lipinski definition) is 4. The fraction of sp³-hybridized carbons (Fsp3) is 0.250. The number of benzene rings is 1. The number of nitrogens with one attached hydrogen (secondary N) is 1. The Kier molecular flexibility index (Phi) is 4.87. The molecule has 1 aromatic carbocycles. The number of carboxylic acid groups (broad SMARTS) is 1. The number of hydrogen-bond donors (Lipinski definition) is 4. The van der Waals surface area contributed by atoms with Gasteiger partial charge in [0.1, 0.15) is 11.8 Å². The van der Waals surface area contributed by atoms with Crippen LogP contribution in [0.15, 0.2) is 24.3 Å². The van der Waals surface area contributed by atoms with Crippen LogP contribution >= 0.6 is 0 Å². The van der Waals surface area contributed by atoms with E-state index in [0.29, 0.717) is 0 Å². The lowest BCUT2D eigenvalue weighted by Crippen LogP contribution is -2.41. The van der Waals surface area contributed by atoms with Crippen LogP contribution in [-0.4, -0.2) is 34.0 Å². The Morgan fingerprint density at radius 1 is 1.26 bits per heavy atom. The highest BCUT2D eigenvalue weighted by Gasteiger charge is 2.22. The van der Waals surface area contributed by atoms with Crippen LogP contribution in [0.5, 0.6) is 5.75 Å². The molecule has 7 nitrogen and oxygen atoms in total. The van der Waals surface area contributed by atoms with Gasteiger partial charge in [0, 0.05) is 6.42 Å². The highest BCUT2D eigenvalue weighted by molar-refractivity contribution is 5.98. The molecule has 1 aromatic rings. The lowest BCUT2D eigenvalue weighted by atomic mass is 10.1. The molecule has 2 amide bonds. The smallest absolute Gasteiger partial charge is 0.326 e. The van der Waals surface area contributed by atoms with Crippen molar-refractivity contribution < 1.29 is 24.6 Å². The summed E-state index contributed by atoms with van der Waals surface area (Å²) < 4.78 is 0. The van der Waals surface area contributed by atoms with Crippen molar-refractivity contribution in [2.45, 2.75) is 18.9 Å². The lowest BCUT2D eigenvalue weighted by Gasteiger charge is -2.14. The van der Waals surface area contributed by atoms with E-state index in [2.05, 4.69) is 5.32 Å². The second-order valence-corrected chi connectivity index (χ2v) is 3.89. The van der Waals surface area contributed by atoms with Gasteiger partial charge in [-0.1, -0.05) is 12.1 Å². The Hall–Kier alpha value is -2.57. The van der Waals surface area contributed by atoms with Gasteiger partial charge in [0.2, 0.25) is 5.91 Å². The van der Waals surface area contributed by atoms with Gasteiger partial charge < -0.3 is 21.3 Å². The molecule has 0 radical (unpaired) electrons. The van der Waals surface area contributed by atoms with E-state index in [1.165, 1.54) is 24.3 Å². The first-order chi connectivity index (χ1) is 8.91. The van der Waals surface area contributed by atoms with Crippen molar-refractivity contribution in [1.82, 2.24) is 5.32 Å². The molecule has 0 aromatic heterocycles. The first kappa shape index (κ1) is 14.5. The average Bonchev–Trinajstić information content (AvgIpc) is 2.34. The zero-order valence-electron chi connectivity index (χ0n) is 10.00. The molecule has 1 rings (SSSR count). The molecule has 5 N–H and O–H groups in total. The van der Waals surface area contributed by atoms with E-state index in [0.717, 1.165) is 0 Å². The summed E-state index contributed by atoms with van der Waals surface area (Å²) in [6.45, 7) is 0. The van der Waals surface area contributed by atoms with Crippen molar-refractivity contribution in [1.29, 1.82) is 0 Å². The van der Waals surface area contributed by atoms with Gasteiger partial charge in [0.15, 0.2) is 0 Å². The number of para-hydroxylation sites is 1. The number of carbonyl (C=O) groups excluding carboxylic acids is 2. The molecule has 0 aliphatic carbocycles. The largest absolute Gasteiger partial charge is 0.507 e. The third-order valence-corrected chi connectivity index (χ3v) is 2.43. The summed E-state index contributed by atoms with van der Waals surface area (Å²) in [6.07, 6.45) is -0.262. The second kappa shape index (κ2) is 6.39. The Morgan fingerprint density at radius 3 is 2.42 bits per heavy atom. The van der Waals surface area contributed by atoms with Gasteiger partial charge in [-0.05, 0) is 18.6 Å². The summed E-state index contributed by atoms with van der Waals surface area (Å²) in [5.41, 5.74) is 4.89. The normalized spacial score (nSPS) is 11.6. The molecular formula is C12H14N2O5. The van der Waals surface area contributed by atoms with E-state index in [1.54, 1.807) is 0 Å². The fourth-order valence-electron chi connectivity index (χ4n) is 1.45. The molecule has 0 bridgehead atoms. The monoisotopic (exact) mass is 266 g/mol. The average molecular weight is 266 g/mol. The van der Waals surface area contributed by atoms with Gasteiger partial charge >= 0.3 is 5.97 Å². The number of amides is 2. The van der Waals surface area contributed by atoms with Gasteiger partial charge in [0.25, 0.3) is 5.91 Å². The van der Waals surface area contributed by atoms with Crippen LogP contribution in [0.4, 0.5) is 0 Å². The molecule has 0 spiro atoms. The van der Waals surface area contributed by atoms with Gasteiger partial charge in [-0.15, -0.1) is 0 Å². The molecule has 19 heavy (non-hydrogen) atoms. The molecule has 7 heteroatoms. The third-order valence-electron chi connectivity index (χ3n) is 2.43. The summed E-state index contributed by atoms with van der Waals surface area (Å²) in [6, 6.07) is 4.51. The van der Waals surface area contributed by atoms with Gasteiger partial charge in [-0.3, -0.25) is 9.59 Å². The molecule has 102 valence electrons. The SMILES string of the molecule is NC(=O)CCC(NC(=O)c1ccccc1O)C(=O)O. The van der Waals surface area contributed by atoms with Crippen molar-refractivity contribution in [3.8, 4) is 5.75 Å².